The van der Waals surface area contributed by atoms with Crippen molar-refractivity contribution in [1.29, 1.82) is 0 Å². The quantitative estimate of drug-likeness (QED) is 0.757. The number of aliphatic hydroxyl groups excluding tert-OH is 1. The van der Waals surface area contributed by atoms with Gasteiger partial charge in [-0.2, -0.15) is 0 Å². The van der Waals surface area contributed by atoms with Crippen LogP contribution in [0.4, 0.5) is 8.78 Å². The van der Waals surface area contributed by atoms with Gasteiger partial charge in [0.2, 0.25) is 0 Å². The van der Waals surface area contributed by atoms with E-state index in [0.29, 0.717) is 11.0 Å². The minimum Gasteiger partial charge on any atom is -0.458 e. The average Bonchev–Trinajstić information content (AvgIpc) is 2.79. The van der Waals surface area contributed by atoms with Gasteiger partial charge in [-0.1, -0.05) is 11.6 Å². The van der Waals surface area contributed by atoms with E-state index in [2.05, 4.69) is 0 Å². The molecule has 3 rings (SSSR count). The molecule has 20 heavy (non-hydrogen) atoms. The molecule has 5 heteroatoms. The van der Waals surface area contributed by atoms with Gasteiger partial charge in [-0.3, -0.25) is 0 Å². The summed E-state index contributed by atoms with van der Waals surface area (Å²) in [6.07, 6.45) is -1.17. The summed E-state index contributed by atoms with van der Waals surface area (Å²) in [5, 5.41) is 10.9. The summed E-state index contributed by atoms with van der Waals surface area (Å²) < 4.78 is 31.8. The number of furan rings is 1. The number of hydrogen-bond acceptors (Lipinski definition) is 2. The van der Waals surface area contributed by atoms with Crippen LogP contribution >= 0.6 is 11.6 Å². The molecule has 1 aromatic heterocycles. The van der Waals surface area contributed by atoms with Gasteiger partial charge >= 0.3 is 0 Å². The number of hydrogen-bond donors (Lipinski definition) is 1. The maximum absolute atomic E-state index is 13.3. The molecule has 102 valence electrons. The smallest absolute Gasteiger partial charge is 0.138 e. The minimum atomic E-state index is -1.17. The van der Waals surface area contributed by atoms with Gasteiger partial charge in [0.05, 0.1) is 0 Å². The summed E-state index contributed by atoms with van der Waals surface area (Å²) in [4.78, 5) is 0. The molecule has 0 amide bonds. The van der Waals surface area contributed by atoms with Crippen LogP contribution in [0.2, 0.25) is 5.02 Å². The van der Waals surface area contributed by atoms with Gasteiger partial charge in [0, 0.05) is 10.4 Å². The fourth-order valence-corrected chi connectivity index (χ4v) is 2.30. The van der Waals surface area contributed by atoms with Crippen LogP contribution in [0.5, 0.6) is 0 Å². The van der Waals surface area contributed by atoms with Gasteiger partial charge in [0.15, 0.2) is 0 Å². The van der Waals surface area contributed by atoms with E-state index in [1.807, 2.05) is 0 Å². The van der Waals surface area contributed by atoms with E-state index in [4.69, 9.17) is 16.0 Å². The number of benzene rings is 2. The Morgan fingerprint density at radius 1 is 1.00 bits per heavy atom. The number of fused-ring (bicyclic) bond motifs is 1. The molecule has 3 aromatic rings. The first-order valence-electron chi connectivity index (χ1n) is 5.86. The molecule has 0 bridgehead atoms. The van der Waals surface area contributed by atoms with Crippen LogP contribution in [-0.2, 0) is 0 Å². The Morgan fingerprint density at radius 3 is 2.55 bits per heavy atom. The molecule has 0 radical (unpaired) electrons. The molecule has 1 N–H and O–H groups in total. The van der Waals surface area contributed by atoms with E-state index in [0.717, 1.165) is 6.07 Å². The molecule has 1 unspecified atom stereocenters. The first kappa shape index (κ1) is 13.1. The largest absolute Gasteiger partial charge is 0.458 e. The Bertz CT molecular complexity index is 762. The molecule has 2 nitrogen and oxygen atoms in total. The lowest BCUT2D eigenvalue weighted by Crippen LogP contribution is -1.98. The lowest BCUT2D eigenvalue weighted by Gasteiger charge is -2.08. The van der Waals surface area contributed by atoms with Crippen LogP contribution in [0.3, 0.4) is 0 Å². The van der Waals surface area contributed by atoms with Gasteiger partial charge in [0.25, 0.3) is 0 Å². The second-order valence-corrected chi connectivity index (χ2v) is 4.87. The lowest BCUT2D eigenvalue weighted by atomic mass is 10.1. The zero-order valence-electron chi connectivity index (χ0n) is 10.1. The highest BCUT2D eigenvalue weighted by molar-refractivity contribution is 6.30. The van der Waals surface area contributed by atoms with Crippen molar-refractivity contribution < 1.29 is 18.3 Å². The summed E-state index contributed by atoms with van der Waals surface area (Å²) in [5.74, 6) is -0.742. The van der Waals surface area contributed by atoms with Crippen molar-refractivity contribution in [2.24, 2.45) is 0 Å². The van der Waals surface area contributed by atoms with E-state index in [1.54, 1.807) is 0 Å². The molecule has 0 aliphatic rings. The zero-order valence-corrected chi connectivity index (χ0v) is 10.9. The van der Waals surface area contributed by atoms with E-state index in [-0.39, 0.29) is 16.3 Å². The van der Waals surface area contributed by atoms with E-state index >= 15 is 0 Å². The Morgan fingerprint density at radius 2 is 1.80 bits per heavy atom. The fourth-order valence-electron chi connectivity index (χ4n) is 2.07. The molecule has 0 aliphatic heterocycles. The van der Waals surface area contributed by atoms with E-state index in [1.165, 1.54) is 36.4 Å². The van der Waals surface area contributed by atoms with Crippen LogP contribution in [0.25, 0.3) is 11.0 Å². The topological polar surface area (TPSA) is 33.4 Å². The monoisotopic (exact) mass is 294 g/mol. The van der Waals surface area contributed by atoms with Gasteiger partial charge in [-0.25, -0.2) is 8.78 Å². The molecule has 0 fully saturated rings. The summed E-state index contributed by atoms with van der Waals surface area (Å²) in [6.45, 7) is 0. The van der Waals surface area contributed by atoms with Gasteiger partial charge in [-0.05, 0) is 48.0 Å². The summed E-state index contributed by atoms with van der Waals surface area (Å²) in [7, 11) is 0. The van der Waals surface area contributed by atoms with Gasteiger partial charge in [0.1, 0.15) is 29.1 Å². The minimum absolute atomic E-state index is 0.182. The fraction of sp³-hybridized carbons (Fsp3) is 0.0667. The highest BCUT2D eigenvalue weighted by Gasteiger charge is 2.17. The first-order chi connectivity index (χ1) is 9.52. The zero-order chi connectivity index (χ0) is 14.3. The third-order valence-corrected chi connectivity index (χ3v) is 3.19. The molecule has 0 spiro atoms. The average molecular weight is 295 g/mol. The van der Waals surface area contributed by atoms with Crippen LogP contribution in [0, 0.1) is 11.6 Å². The van der Waals surface area contributed by atoms with E-state index in [9.17, 15) is 13.9 Å². The van der Waals surface area contributed by atoms with Crippen LogP contribution in [-0.4, -0.2) is 5.11 Å². The Kier molecular flexibility index (Phi) is 3.20. The predicted molar refractivity (Wildman–Crippen MR) is 71.6 cm³/mol. The van der Waals surface area contributed by atoms with Crippen molar-refractivity contribution >= 4 is 22.6 Å². The van der Waals surface area contributed by atoms with Crippen molar-refractivity contribution in [3.05, 3.63) is 70.4 Å². The van der Waals surface area contributed by atoms with E-state index < -0.39 is 17.7 Å². The van der Waals surface area contributed by atoms with Crippen molar-refractivity contribution in [2.45, 2.75) is 6.10 Å². The molecule has 0 aliphatic carbocycles. The van der Waals surface area contributed by atoms with Crippen LogP contribution in [0.15, 0.2) is 46.9 Å². The van der Waals surface area contributed by atoms with Crippen molar-refractivity contribution in [2.75, 3.05) is 0 Å². The van der Waals surface area contributed by atoms with Gasteiger partial charge < -0.3 is 9.52 Å². The normalized spacial score (nSPS) is 12.8. The van der Waals surface area contributed by atoms with Crippen LogP contribution in [0.1, 0.15) is 17.4 Å². The lowest BCUT2D eigenvalue weighted by molar-refractivity contribution is 0.192. The standard InChI is InChI=1S/C15H9ClF2O2/c16-10-3-9(5-12(18)7-10)15(19)14-6-8-4-11(17)1-2-13(8)20-14/h1-7,15,19H. The Balaban J connectivity index is 2.05. The third kappa shape index (κ3) is 2.40. The Labute approximate surface area is 118 Å². The summed E-state index contributed by atoms with van der Waals surface area (Å²) in [5.41, 5.74) is 0.720. The highest BCUT2D eigenvalue weighted by Crippen LogP contribution is 2.30. The second-order valence-electron chi connectivity index (χ2n) is 4.44. The third-order valence-electron chi connectivity index (χ3n) is 2.97. The molecular weight excluding hydrogens is 286 g/mol. The summed E-state index contributed by atoms with van der Waals surface area (Å²) in [6, 6.07) is 9.31. The summed E-state index contributed by atoms with van der Waals surface area (Å²) >= 11 is 5.75. The second kappa shape index (κ2) is 4.89. The molecule has 0 saturated heterocycles. The maximum atomic E-state index is 13.3. The molecule has 1 heterocycles. The number of aliphatic hydroxyl groups is 1. The van der Waals surface area contributed by atoms with Crippen molar-refractivity contribution in [3.63, 3.8) is 0 Å². The van der Waals surface area contributed by atoms with Crippen LogP contribution < -0.4 is 0 Å². The van der Waals surface area contributed by atoms with Crippen molar-refractivity contribution in [1.82, 2.24) is 0 Å². The number of halogens is 3. The molecule has 2 aromatic carbocycles. The molecule has 1 atom stereocenters. The van der Waals surface area contributed by atoms with Gasteiger partial charge in [-0.15, -0.1) is 0 Å². The first-order valence-corrected chi connectivity index (χ1v) is 6.24. The molecule has 0 saturated carbocycles. The Hall–Kier alpha value is -1.91. The SMILES string of the molecule is OC(c1cc(F)cc(Cl)c1)c1cc2cc(F)ccc2o1. The highest BCUT2D eigenvalue weighted by atomic mass is 35.5. The maximum Gasteiger partial charge on any atom is 0.138 e. The van der Waals surface area contributed by atoms with Crippen molar-refractivity contribution in [3.8, 4) is 0 Å². The predicted octanol–water partition coefficient (Wildman–Crippen LogP) is 4.45. The molecular formula is C15H9ClF2O2. The number of rotatable bonds is 2.